The Hall–Kier alpha value is -1.96. The van der Waals surface area contributed by atoms with E-state index < -0.39 is 15.9 Å². The molecule has 1 aliphatic rings. The van der Waals surface area contributed by atoms with E-state index in [4.69, 9.17) is 4.98 Å². The van der Waals surface area contributed by atoms with Crippen molar-refractivity contribution in [3.8, 4) is 0 Å². The minimum atomic E-state index is -3.64. The van der Waals surface area contributed by atoms with Gasteiger partial charge in [0.15, 0.2) is 5.65 Å². The van der Waals surface area contributed by atoms with Crippen LogP contribution in [0.5, 0.6) is 0 Å². The average Bonchev–Trinajstić information content (AvgIpc) is 3.20. The number of hydrogen-bond acceptors (Lipinski definition) is 5. The number of nitrogens with zero attached hydrogens (tertiary/aromatic N) is 3. The van der Waals surface area contributed by atoms with Gasteiger partial charge in [0.2, 0.25) is 10.0 Å². The molecule has 1 aliphatic carbocycles. The maximum Gasteiger partial charge on any atom is 0.265 e. The van der Waals surface area contributed by atoms with Gasteiger partial charge in [0.05, 0.1) is 28.4 Å². The predicted molar refractivity (Wildman–Crippen MR) is 91.5 cm³/mol. The topological polar surface area (TPSA) is 93.9 Å². The molecule has 3 rings (SSSR count). The van der Waals surface area contributed by atoms with Gasteiger partial charge in [-0.3, -0.25) is 4.79 Å². The van der Waals surface area contributed by atoms with E-state index in [0.717, 1.165) is 24.8 Å². The lowest BCUT2D eigenvalue weighted by Gasteiger charge is -2.20. The number of nitrogens with one attached hydrogen (secondary N) is 1. The first-order chi connectivity index (χ1) is 11.0. The van der Waals surface area contributed by atoms with E-state index in [2.05, 4.69) is 9.82 Å². The first-order valence-corrected chi connectivity index (χ1v) is 9.79. The summed E-state index contributed by atoms with van der Waals surface area (Å²) < 4.78 is 26.8. The number of pyridine rings is 1. The van der Waals surface area contributed by atoms with Gasteiger partial charge >= 0.3 is 0 Å². The monoisotopic (exact) mass is 350 g/mol. The molecule has 0 spiro atoms. The van der Waals surface area contributed by atoms with Gasteiger partial charge in [0.25, 0.3) is 5.91 Å². The Balaban J connectivity index is 2.27. The highest BCUT2D eigenvalue weighted by Crippen LogP contribution is 2.40. The van der Waals surface area contributed by atoms with Crippen molar-refractivity contribution < 1.29 is 13.2 Å². The Labute approximate surface area is 141 Å². The van der Waals surface area contributed by atoms with E-state index in [1.165, 1.54) is 0 Å². The van der Waals surface area contributed by atoms with E-state index in [1.807, 2.05) is 20.8 Å². The second-order valence-corrected chi connectivity index (χ2v) is 9.19. The summed E-state index contributed by atoms with van der Waals surface area (Å²) in [6.45, 7) is 7.85. The summed E-state index contributed by atoms with van der Waals surface area (Å²) in [6, 6.07) is 1.71. The molecule has 2 aromatic rings. The first kappa shape index (κ1) is 16.9. The SMILES string of the molecule is Cc1nn(C(C)(C)C)c2nc(C3CC3)cc(C(=O)NS(C)(=O)=O)c12. The second kappa shape index (κ2) is 5.27. The Morgan fingerprint density at radius 1 is 1.33 bits per heavy atom. The lowest BCUT2D eigenvalue weighted by Crippen LogP contribution is -2.30. The minimum absolute atomic E-state index is 0.299. The van der Waals surface area contributed by atoms with E-state index in [0.29, 0.717) is 28.2 Å². The Morgan fingerprint density at radius 2 is 1.96 bits per heavy atom. The van der Waals surface area contributed by atoms with E-state index in [1.54, 1.807) is 17.7 Å². The molecule has 8 heteroatoms. The van der Waals surface area contributed by atoms with Crippen LogP contribution in [0.25, 0.3) is 11.0 Å². The number of amides is 1. The Morgan fingerprint density at radius 3 is 2.46 bits per heavy atom. The number of aromatic nitrogens is 3. The smallest absolute Gasteiger partial charge is 0.265 e. The number of carbonyl (C=O) groups is 1. The van der Waals surface area contributed by atoms with Crippen LogP contribution in [0.1, 0.15) is 61.3 Å². The van der Waals surface area contributed by atoms with Crippen molar-refractivity contribution in [3.63, 3.8) is 0 Å². The van der Waals surface area contributed by atoms with Gasteiger partial charge < -0.3 is 0 Å². The first-order valence-electron chi connectivity index (χ1n) is 7.90. The van der Waals surface area contributed by atoms with Gasteiger partial charge in [0, 0.05) is 11.6 Å². The zero-order chi connectivity index (χ0) is 17.9. The lowest BCUT2D eigenvalue weighted by atomic mass is 10.1. The van der Waals surface area contributed by atoms with E-state index in [9.17, 15) is 13.2 Å². The molecule has 2 aromatic heterocycles. The second-order valence-electron chi connectivity index (χ2n) is 7.44. The van der Waals surface area contributed by atoms with Gasteiger partial charge in [-0.2, -0.15) is 5.10 Å². The van der Waals surface area contributed by atoms with Crippen LogP contribution in [0, 0.1) is 6.92 Å². The van der Waals surface area contributed by atoms with Gasteiger partial charge in [-0.1, -0.05) is 0 Å². The number of hydrogen-bond donors (Lipinski definition) is 1. The third-order valence-electron chi connectivity index (χ3n) is 3.99. The van der Waals surface area contributed by atoms with Crippen molar-refractivity contribution in [1.82, 2.24) is 19.5 Å². The van der Waals surface area contributed by atoms with Crippen LogP contribution in [0.4, 0.5) is 0 Å². The molecule has 7 nitrogen and oxygen atoms in total. The maximum atomic E-state index is 12.5. The fourth-order valence-corrected chi connectivity index (χ4v) is 3.21. The Bertz CT molecular complexity index is 934. The van der Waals surface area contributed by atoms with Gasteiger partial charge in [-0.05, 0) is 46.6 Å². The largest absolute Gasteiger partial charge is 0.268 e. The number of sulfonamides is 1. The lowest BCUT2D eigenvalue weighted by molar-refractivity contribution is 0.0983. The molecule has 2 heterocycles. The summed E-state index contributed by atoms with van der Waals surface area (Å²) in [5.74, 6) is -0.300. The third kappa shape index (κ3) is 3.15. The predicted octanol–water partition coefficient (Wildman–Crippen LogP) is 2.06. The zero-order valence-corrected chi connectivity index (χ0v) is 15.4. The summed E-state index contributed by atoms with van der Waals surface area (Å²) in [4.78, 5) is 17.3. The highest BCUT2D eigenvalue weighted by atomic mass is 32.2. The summed E-state index contributed by atoms with van der Waals surface area (Å²) in [6.07, 6.45) is 3.04. The number of carbonyl (C=O) groups excluding carboxylic acids is 1. The maximum absolute atomic E-state index is 12.5. The van der Waals surface area contributed by atoms with Crippen LogP contribution in [-0.4, -0.2) is 35.3 Å². The van der Waals surface area contributed by atoms with Crippen LogP contribution in [0.3, 0.4) is 0 Å². The quantitative estimate of drug-likeness (QED) is 0.914. The molecule has 1 saturated carbocycles. The van der Waals surface area contributed by atoms with Crippen molar-refractivity contribution in [1.29, 1.82) is 0 Å². The Kier molecular flexibility index (Phi) is 3.71. The normalized spacial score (nSPS) is 15.7. The van der Waals surface area contributed by atoms with Gasteiger partial charge in [-0.25, -0.2) is 22.8 Å². The summed E-state index contributed by atoms with van der Waals surface area (Å²) >= 11 is 0. The molecule has 0 aliphatic heterocycles. The van der Waals surface area contributed by atoms with Crippen LogP contribution in [0.2, 0.25) is 0 Å². The van der Waals surface area contributed by atoms with Crippen molar-refractivity contribution >= 4 is 27.0 Å². The molecule has 0 atom stereocenters. The molecule has 24 heavy (non-hydrogen) atoms. The number of fused-ring (bicyclic) bond motifs is 1. The van der Waals surface area contributed by atoms with Crippen LogP contribution >= 0.6 is 0 Å². The van der Waals surface area contributed by atoms with Crippen LogP contribution in [0.15, 0.2) is 6.07 Å². The third-order valence-corrected chi connectivity index (χ3v) is 4.54. The zero-order valence-electron chi connectivity index (χ0n) is 14.5. The molecular formula is C16H22N4O3S. The van der Waals surface area contributed by atoms with Gasteiger partial charge in [0.1, 0.15) is 0 Å². The summed E-state index contributed by atoms with van der Waals surface area (Å²) in [5, 5.41) is 5.15. The van der Waals surface area contributed by atoms with E-state index >= 15 is 0 Å². The molecule has 1 fully saturated rings. The highest BCUT2D eigenvalue weighted by Gasteiger charge is 2.30. The molecule has 0 unspecified atom stereocenters. The molecule has 0 saturated heterocycles. The van der Waals surface area contributed by atoms with Crippen LogP contribution in [-0.2, 0) is 15.6 Å². The molecule has 1 amide bonds. The van der Waals surface area contributed by atoms with Crippen molar-refractivity contribution in [3.05, 3.63) is 23.0 Å². The molecule has 0 radical (unpaired) electrons. The molecule has 0 bridgehead atoms. The van der Waals surface area contributed by atoms with Crippen molar-refractivity contribution in [2.24, 2.45) is 0 Å². The molecule has 130 valence electrons. The van der Waals surface area contributed by atoms with Crippen molar-refractivity contribution in [2.75, 3.05) is 6.26 Å². The fourth-order valence-electron chi connectivity index (χ4n) is 2.77. The summed E-state index contributed by atoms with van der Waals surface area (Å²) in [7, 11) is -3.64. The molecule has 1 N–H and O–H groups in total. The fraction of sp³-hybridized carbons (Fsp3) is 0.562. The molecular weight excluding hydrogens is 328 g/mol. The highest BCUT2D eigenvalue weighted by molar-refractivity contribution is 7.89. The molecule has 0 aromatic carbocycles. The van der Waals surface area contributed by atoms with Crippen molar-refractivity contribution in [2.45, 2.75) is 52.0 Å². The summed E-state index contributed by atoms with van der Waals surface area (Å²) in [5.41, 5.74) is 2.13. The van der Waals surface area contributed by atoms with Gasteiger partial charge in [-0.15, -0.1) is 0 Å². The number of rotatable bonds is 3. The minimum Gasteiger partial charge on any atom is -0.268 e. The van der Waals surface area contributed by atoms with E-state index in [-0.39, 0.29) is 5.54 Å². The standard InChI is InChI=1S/C16H22N4O3S/c1-9-13-11(15(21)19-24(5,22)23)8-12(10-6-7-10)17-14(13)20(18-9)16(2,3)4/h8,10H,6-7H2,1-5H3,(H,19,21). The number of aryl methyl sites for hydroxylation is 1. The average molecular weight is 350 g/mol. The van der Waals surface area contributed by atoms with Crippen LogP contribution < -0.4 is 4.72 Å².